The molecule has 0 saturated carbocycles. The van der Waals surface area contributed by atoms with E-state index in [1.54, 1.807) is 0 Å². The molecule has 0 unspecified atom stereocenters. The van der Waals surface area contributed by atoms with E-state index >= 15 is 0 Å². The molecule has 20 heavy (non-hydrogen) atoms. The van der Waals surface area contributed by atoms with Crippen molar-refractivity contribution in [3.05, 3.63) is 33.9 Å². The molecule has 0 fully saturated rings. The lowest BCUT2D eigenvalue weighted by Gasteiger charge is -2.16. The summed E-state index contributed by atoms with van der Waals surface area (Å²) in [5, 5.41) is 3.40. The van der Waals surface area contributed by atoms with Crippen molar-refractivity contribution in [2.24, 2.45) is 0 Å². The van der Waals surface area contributed by atoms with E-state index in [1.807, 2.05) is 0 Å². The molecular formula is C15H18Br4Si. The first-order valence-electron chi connectivity index (χ1n) is 6.31. The van der Waals surface area contributed by atoms with Gasteiger partial charge in [-0.15, -0.1) is 5.54 Å². The Morgan fingerprint density at radius 1 is 0.850 bits per heavy atom. The fourth-order valence-electron chi connectivity index (χ4n) is 1.83. The highest BCUT2D eigenvalue weighted by Crippen LogP contribution is 2.29. The Bertz CT molecular complexity index is 505. The van der Waals surface area contributed by atoms with E-state index in [4.69, 9.17) is 0 Å². The zero-order valence-corrected chi connectivity index (χ0v) is 19.3. The van der Waals surface area contributed by atoms with E-state index in [0.29, 0.717) is 0 Å². The molecular weight excluding hydrogens is 528 g/mol. The van der Waals surface area contributed by atoms with Crippen LogP contribution in [0.2, 0.25) is 19.6 Å². The molecule has 5 heteroatoms. The molecule has 0 radical (unpaired) electrons. The predicted octanol–water partition coefficient (Wildman–Crippen LogP) is 6.50. The van der Waals surface area contributed by atoms with Crippen molar-refractivity contribution in [2.75, 3.05) is 0 Å². The van der Waals surface area contributed by atoms with Crippen LogP contribution in [-0.2, 0) is 21.3 Å². The summed E-state index contributed by atoms with van der Waals surface area (Å²) >= 11 is 14.4. The fraction of sp³-hybridized carbons (Fsp3) is 0.467. The maximum absolute atomic E-state index is 3.63. The highest BCUT2D eigenvalue weighted by atomic mass is 79.9. The first kappa shape index (κ1) is 19.0. The van der Waals surface area contributed by atoms with Gasteiger partial charge in [-0.2, -0.15) is 0 Å². The molecule has 0 bridgehead atoms. The zero-order valence-electron chi connectivity index (χ0n) is 11.9. The number of hydrogen-bond acceptors (Lipinski definition) is 0. The summed E-state index contributed by atoms with van der Waals surface area (Å²) in [6, 6.07) is 2.27. The lowest BCUT2D eigenvalue weighted by Crippen LogP contribution is -2.16. The molecule has 0 heterocycles. The lowest BCUT2D eigenvalue weighted by molar-refractivity contribution is 1.19. The van der Waals surface area contributed by atoms with Gasteiger partial charge < -0.3 is 0 Å². The van der Waals surface area contributed by atoms with E-state index in [1.165, 1.54) is 27.8 Å². The van der Waals surface area contributed by atoms with Gasteiger partial charge in [0.15, 0.2) is 0 Å². The average Bonchev–Trinajstić information content (AvgIpc) is 2.41. The van der Waals surface area contributed by atoms with Crippen molar-refractivity contribution in [1.82, 2.24) is 0 Å². The SMILES string of the molecule is C[Si](C)(C)C#Cc1c(CBr)c(CBr)cc(CBr)c1CBr. The Labute approximate surface area is 157 Å². The summed E-state index contributed by atoms with van der Waals surface area (Å²) in [7, 11) is -1.38. The molecule has 0 aromatic heterocycles. The van der Waals surface area contributed by atoms with E-state index in [-0.39, 0.29) is 0 Å². The van der Waals surface area contributed by atoms with Gasteiger partial charge in [-0.1, -0.05) is 95.3 Å². The summed E-state index contributed by atoms with van der Waals surface area (Å²) in [6.45, 7) is 6.84. The number of hydrogen-bond donors (Lipinski definition) is 0. The van der Waals surface area contributed by atoms with E-state index in [2.05, 4.69) is 101 Å². The van der Waals surface area contributed by atoms with Gasteiger partial charge in [-0.05, 0) is 22.3 Å². The molecule has 110 valence electrons. The molecule has 0 aliphatic rings. The fourth-order valence-corrected chi connectivity index (χ4v) is 4.61. The Morgan fingerprint density at radius 2 is 1.30 bits per heavy atom. The van der Waals surface area contributed by atoms with Crippen LogP contribution in [0.15, 0.2) is 6.07 Å². The Balaban J connectivity index is 3.61. The molecule has 1 aromatic rings. The van der Waals surface area contributed by atoms with Gasteiger partial charge in [0.25, 0.3) is 0 Å². The van der Waals surface area contributed by atoms with Crippen LogP contribution in [0.5, 0.6) is 0 Å². The minimum Gasteiger partial charge on any atom is -0.127 e. The summed E-state index contributed by atoms with van der Waals surface area (Å²) in [5.41, 5.74) is 9.97. The average molecular weight is 546 g/mol. The van der Waals surface area contributed by atoms with Crippen LogP contribution in [0.4, 0.5) is 0 Å². The van der Waals surface area contributed by atoms with E-state index in [9.17, 15) is 0 Å². The van der Waals surface area contributed by atoms with Crippen molar-refractivity contribution in [3.8, 4) is 11.5 Å². The lowest BCUT2D eigenvalue weighted by atomic mass is 9.95. The van der Waals surface area contributed by atoms with Gasteiger partial charge in [0.05, 0.1) is 0 Å². The third-order valence-corrected chi connectivity index (χ3v) is 6.05. The standard InChI is InChI=1S/C15H18Br4Si/c1-20(2,3)5-4-13-14(9-18)11(7-16)6-12(8-17)15(13)10-19/h6H,7-10H2,1-3H3. The van der Waals surface area contributed by atoms with Crippen LogP contribution in [0, 0.1) is 11.5 Å². The maximum atomic E-state index is 3.63. The molecule has 0 aliphatic heterocycles. The van der Waals surface area contributed by atoms with Gasteiger partial charge in [-0.25, -0.2) is 0 Å². The predicted molar refractivity (Wildman–Crippen MR) is 107 cm³/mol. The van der Waals surface area contributed by atoms with Crippen molar-refractivity contribution in [1.29, 1.82) is 0 Å². The third-order valence-electron chi connectivity index (χ3n) is 2.84. The summed E-state index contributed by atoms with van der Waals surface area (Å²) < 4.78 is 0. The van der Waals surface area contributed by atoms with Crippen LogP contribution in [-0.4, -0.2) is 8.07 Å². The molecule has 0 saturated heterocycles. The second kappa shape index (κ2) is 8.52. The monoisotopic (exact) mass is 542 g/mol. The highest BCUT2D eigenvalue weighted by Gasteiger charge is 2.15. The van der Waals surface area contributed by atoms with Gasteiger partial charge in [0.2, 0.25) is 0 Å². The molecule has 1 rings (SSSR count). The van der Waals surface area contributed by atoms with Gasteiger partial charge in [0.1, 0.15) is 8.07 Å². The van der Waals surface area contributed by atoms with Crippen LogP contribution in [0.3, 0.4) is 0 Å². The number of alkyl halides is 4. The number of benzene rings is 1. The summed E-state index contributed by atoms with van der Waals surface area (Å²) in [4.78, 5) is 0. The van der Waals surface area contributed by atoms with Crippen LogP contribution < -0.4 is 0 Å². The van der Waals surface area contributed by atoms with Crippen LogP contribution >= 0.6 is 63.7 Å². The van der Waals surface area contributed by atoms with Gasteiger partial charge in [0, 0.05) is 26.9 Å². The maximum Gasteiger partial charge on any atom is 0.129 e. The second-order valence-corrected chi connectivity index (χ2v) is 12.6. The molecule has 0 aliphatic carbocycles. The quantitative estimate of drug-likeness (QED) is 0.230. The first-order valence-corrected chi connectivity index (χ1v) is 14.3. The zero-order chi connectivity index (χ0) is 15.3. The van der Waals surface area contributed by atoms with E-state index < -0.39 is 8.07 Å². The van der Waals surface area contributed by atoms with Crippen molar-refractivity contribution in [2.45, 2.75) is 41.0 Å². The minimum absolute atomic E-state index is 0.839. The minimum atomic E-state index is -1.38. The normalized spacial score (nSPS) is 11.2. The van der Waals surface area contributed by atoms with Gasteiger partial charge >= 0.3 is 0 Å². The molecule has 0 N–H and O–H groups in total. The van der Waals surface area contributed by atoms with Crippen LogP contribution in [0.25, 0.3) is 0 Å². The molecule has 0 amide bonds. The molecule has 0 atom stereocenters. The van der Waals surface area contributed by atoms with Crippen molar-refractivity contribution in [3.63, 3.8) is 0 Å². The summed E-state index contributed by atoms with van der Waals surface area (Å²) in [5.74, 6) is 3.48. The number of rotatable bonds is 4. The highest BCUT2D eigenvalue weighted by molar-refractivity contribution is 9.09. The second-order valence-electron chi connectivity index (χ2n) is 5.56. The molecule has 0 nitrogen and oxygen atoms in total. The van der Waals surface area contributed by atoms with Crippen LogP contribution in [0.1, 0.15) is 27.8 Å². The Hall–Kier alpha value is 0.917. The Morgan fingerprint density at radius 3 is 1.60 bits per heavy atom. The van der Waals surface area contributed by atoms with E-state index in [0.717, 1.165) is 21.3 Å². The summed E-state index contributed by atoms with van der Waals surface area (Å²) in [6.07, 6.45) is 0. The largest absolute Gasteiger partial charge is 0.129 e. The third kappa shape index (κ3) is 4.98. The Kier molecular flexibility index (Phi) is 8.08. The van der Waals surface area contributed by atoms with Gasteiger partial charge in [-0.3, -0.25) is 0 Å². The molecule has 0 spiro atoms. The topological polar surface area (TPSA) is 0 Å². The number of halogens is 4. The smallest absolute Gasteiger partial charge is 0.127 e. The van der Waals surface area contributed by atoms with Crippen molar-refractivity contribution >= 4 is 71.8 Å². The molecule has 1 aromatic carbocycles. The first-order chi connectivity index (χ1) is 9.37. The van der Waals surface area contributed by atoms with Crippen molar-refractivity contribution < 1.29 is 0 Å².